The van der Waals surface area contributed by atoms with Crippen LogP contribution in [0.4, 0.5) is 15.8 Å². The number of hydrogen-bond acceptors (Lipinski definition) is 6. The third-order valence-electron chi connectivity index (χ3n) is 3.85. The Morgan fingerprint density at radius 1 is 1.18 bits per heavy atom. The minimum absolute atomic E-state index is 0.171. The Labute approximate surface area is 165 Å². The lowest BCUT2D eigenvalue weighted by molar-refractivity contribution is -0.384. The SMILES string of the molecule is CC(C)NS(=O)(=O)c1ccc(NCc2cc3cc(F)ccc3s2)c([N+](=O)[O-])c1. The van der Waals surface area contributed by atoms with E-state index in [9.17, 15) is 22.9 Å². The van der Waals surface area contributed by atoms with E-state index in [1.165, 1.54) is 35.6 Å². The van der Waals surface area contributed by atoms with Crippen molar-refractivity contribution in [2.45, 2.75) is 31.3 Å². The maximum Gasteiger partial charge on any atom is 0.293 e. The van der Waals surface area contributed by atoms with Gasteiger partial charge in [0.1, 0.15) is 11.5 Å². The van der Waals surface area contributed by atoms with E-state index in [4.69, 9.17) is 0 Å². The zero-order valence-corrected chi connectivity index (χ0v) is 16.7. The summed E-state index contributed by atoms with van der Waals surface area (Å²) in [4.78, 5) is 11.5. The summed E-state index contributed by atoms with van der Waals surface area (Å²) in [7, 11) is -3.84. The van der Waals surface area contributed by atoms with Crippen molar-refractivity contribution in [2.75, 3.05) is 5.32 Å². The number of thiophene rings is 1. The Kier molecular flexibility index (Phi) is 5.64. The molecular weight excluding hydrogens is 405 g/mol. The number of nitrogens with one attached hydrogen (secondary N) is 2. The molecule has 0 aliphatic carbocycles. The van der Waals surface area contributed by atoms with Crippen molar-refractivity contribution < 1.29 is 17.7 Å². The summed E-state index contributed by atoms with van der Waals surface area (Å²) in [6.45, 7) is 3.62. The fourth-order valence-corrected chi connectivity index (χ4v) is 4.95. The molecule has 28 heavy (non-hydrogen) atoms. The molecule has 3 rings (SSSR count). The molecule has 3 aromatic rings. The number of sulfonamides is 1. The van der Waals surface area contributed by atoms with Crippen LogP contribution in [0.1, 0.15) is 18.7 Å². The standard InChI is InChI=1S/C18H18FN3O4S2/c1-11(2)21-28(25,26)15-4-5-16(17(9-15)22(23)24)20-10-14-8-12-7-13(19)3-6-18(12)27-14/h3-9,11,20-21H,10H2,1-2H3. The van der Waals surface area contributed by atoms with Crippen molar-refractivity contribution in [3.8, 4) is 0 Å². The lowest BCUT2D eigenvalue weighted by atomic mass is 10.2. The average molecular weight is 423 g/mol. The number of fused-ring (bicyclic) bond motifs is 1. The van der Waals surface area contributed by atoms with Crippen molar-refractivity contribution in [3.05, 3.63) is 63.3 Å². The molecule has 1 heterocycles. The summed E-state index contributed by atoms with van der Waals surface area (Å²) in [6, 6.07) is 9.70. The zero-order valence-electron chi connectivity index (χ0n) is 15.1. The van der Waals surface area contributed by atoms with Gasteiger partial charge >= 0.3 is 0 Å². The summed E-state index contributed by atoms with van der Waals surface area (Å²) in [5, 5.41) is 15.2. The van der Waals surface area contributed by atoms with E-state index in [0.29, 0.717) is 0 Å². The van der Waals surface area contributed by atoms with Gasteiger partial charge in [0.2, 0.25) is 10.0 Å². The number of benzene rings is 2. The van der Waals surface area contributed by atoms with Crippen LogP contribution in [0.15, 0.2) is 47.4 Å². The third-order valence-corrected chi connectivity index (χ3v) is 6.62. The molecule has 0 spiro atoms. The highest BCUT2D eigenvalue weighted by molar-refractivity contribution is 7.89. The molecule has 0 unspecified atom stereocenters. The lowest BCUT2D eigenvalue weighted by Crippen LogP contribution is -2.30. The van der Waals surface area contributed by atoms with Crippen molar-refractivity contribution in [2.24, 2.45) is 0 Å². The molecule has 0 bridgehead atoms. The largest absolute Gasteiger partial charge is 0.375 e. The molecule has 1 aromatic heterocycles. The van der Waals surface area contributed by atoms with Crippen molar-refractivity contribution >= 4 is 42.8 Å². The molecule has 2 aromatic carbocycles. The minimum Gasteiger partial charge on any atom is -0.375 e. The van der Waals surface area contributed by atoms with E-state index in [-0.39, 0.29) is 34.7 Å². The van der Waals surface area contributed by atoms with Gasteiger partial charge in [-0.15, -0.1) is 11.3 Å². The first-order valence-electron chi connectivity index (χ1n) is 8.38. The van der Waals surface area contributed by atoms with Gasteiger partial charge in [-0.25, -0.2) is 17.5 Å². The molecule has 0 atom stereocenters. The van der Waals surface area contributed by atoms with E-state index >= 15 is 0 Å². The number of nitro groups is 1. The monoisotopic (exact) mass is 423 g/mol. The van der Waals surface area contributed by atoms with Gasteiger partial charge in [-0.2, -0.15) is 0 Å². The van der Waals surface area contributed by atoms with Crippen LogP contribution in [0.2, 0.25) is 0 Å². The van der Waals surface area contributed by atoms with Crippen LogP contribution in [0.3, 0.4) is 0 Å². The van der Waals surface area contributed by atoms with Crippen molar-refractivity contribution in [1.29, 1.82) is 0 Å². The van der Waals surface area contributed by atoms with Crippen molar-refractivity contribution in [3.63, 3.8) is 0 Å². The van der Waals surface area contributed by atoms with Crippen LogP contribution in [0.5, 0.6) is 0 Å². The smallest absolute Gasteiger partial charge is 0.293 e. The summed E-state index contributed by atoms with van der Waals surface area (Å²) >= 11 is 1.45. The molecule has 0 saturated carbocycles. The van der Waals surface area contributed by atoms with Gasteiger partial charge in [0.05, 0.1) is 9.82 Å². The fraction of sp³-hybridized carbons (Fsp3) is 0.222. The number of nitro benzene ring substituents is 1. The van der Waals surface area contributed by atoms with Gasteiger partial charge in [0.15, 0.2) is 0 Å². The first-order chi connectivity index (χ1) is 13.2. The maximum atomic E-state index is 13.3. The number of anilines is 1. The van der Waals surface area contributed by atoms with E-state index in [1.54, 1.807) is 19.9 Å². The molecular formula is C18H18FN3O4S2. The molecule has 0 aliphatic heterocycles. The Hall–Kier alpha value is -2.56. The van der Waals surface area contributed by atoms with Crippen LogP contribution in [0, 0.1) is 15.9 Å². The molecule has 0 saturated heterocycles. The van der Waals surface area contributed by atoms with E-state index < -0.39 is 14.9 Å². The van der Waals surface area contributed by atoms with Crippen LogP contribution in [-0.4, -0.2) is 19.4 Å². The Morgan fingerprint density at radius 3 is 2.61 bits per heavy atom. The van der Waals surface area contributed by atoms with Gasteiger partial charge in [-0.05, 0) is 55.6 Å². The topological polar surface area (TPSA) is 101 Å². The minimum atomic E-state index is -3.84. The van der Waals surface area contributed by atoms with Gasteiger partial charge in [-0.3, -0.25) is 10.1 Å². The number of nitrogens with zero attached hydrogens (tertiary/aromatic N) is 1. The third kappa shape index (κ3) is 4.46. The number of rotatable bonds is 7. The lowest BCUT2D eigenvalue weighted by Gasteiger charge is -2.11. The Balaban J connectivity index is 1.85. The summed E-state index contributed by atoms with van der Waals surface area (Å²) in [5.41, 5.74) is -0.129. The summed E-state index contributed by atoms with van der Waals surface area (Å²) < 4.78 is 41.1. The molecule has 0 aliphatic rings. The van der Waals surface area contributed by atoms with E-state index in [1.807, 2.05) is 6.07 Å². The fourth-order valence-electron chi connectivity index (χ4n) is 2.70. The highest BCUT2D eigenvalue weighted by Crippen LogP contribution is 2.30. The van der Waals surface area contributed by atoms with Crippen LogP contribution < -0.4 is 10.0 Å². The highest BCUT2D eigenvalue weighted by atomic mass is 32.2. The molecule has 10 heteroatoms. The predicted molar refractivity (Wildman–Crippen MR) is 108 cm³/mol. The molecule has 2 N–H and O–H groups in total. The second-order valence-corrected chi connectivity index (χ2v) is 9.34. The second kappa shape index (κ2) is 7.82. The van der Waals surface area contributed by atoms with E-state index in [2.05, 4.69) is 10.0 Å². The predicted octanol–water partition coefficient (Wildman–Crippen LogP) is 4.25. The zero-order chi connectivity index (χ0) is 20.5. The highest BCUT2D eigenvalue weighted by Gasteiger charge is 2.22. The quantitative estimate of drug-likeness (QED) is 0.437. The maximum absolute atomic E-state index is 13.3. The Bertz CT molecular complexity index is 1140. The molecule has 7 nitrogen and oxygen atoms in total. The first-order valence-corrected chi connectivity index (χ1v) is 10.7. The molecule has 0 fully saturated rings. The summed E-state index contributed by atoms with van der Waals surface area (Å²) in [5.74, 6) is -0.327. The van der Waals surface area contributed by atoms with Crippen LogP contribution in [-0.2, 0) is 16.6 Å². The number of hydrogen-bond donors (Lipinski definition) is 2. The van der Waals surface area contributed by atoms with Crippen molar-refractivity contribution in [1.82, 2.24) is 4.72 Å². The first kappa shape index (κ1) is 20.2. The van der Waals surface area contributed by atoms with E-state index in [0.717, 1.165) is 21.0 Å². The van der Waals surface area contributed by atoms with Crippen LogP contribution in [0.25, 0.3) is 10.1 Å². The molecule has 0 radical (unpaired) electrons. The van der Waals surface area contributed by atoms with Gasteiger partial charge in [-0.1, -0.05) is 0 Å². The second-order valence-electron chi connectivity index (χ2n) is 6.46. The van der Waals surface area contributed by atoms with Gasteiger partial charge in [0, 0.05) is 28.2 Å². The van der Waals surface area contributed by atoms with Gasteiger partial charge < -0.3 is 5.32 Å². The Morgan fingerprint density at radius 2 is 1.93 bits per heavy atom. The number of halogens is 1. The molecule has 0 amide bonds. The molecule has 148 valence electrons. The van der Waals surface area contributed by atoms with Gasteiger partial charge in [0.25, 0.3) is 5.69 Å². The average Bonchev–Trinajstić information content (AvgIpc) is 3.00. The summed E-state index contributed by atoms with van der Waals surface area (Å²) in [6.07, 6.45) is 0. The normalized spacial score (nSPS) is 11.9. The van der Waals surface area contributed by atoms with Crippen LogP contribution >= 0.6 is 11.3 Å².